The number of benzene rings is 3. The number of para-hydroxylation sites is 2. The first-order valence-electron chi connectivity index (χ1n) is 10.6. The Morgan fingerprint density at radius 2 is 1.23 bits per heavy atom. The number of hydrogen-bond donors (Lipinski definition) is 0. The molecule has 3 aromatic carbocycles. The molecular formula is C26H25ClN2O2. The molecule has 0 spiro atoms. The Bertz CT molecular complexity index is 1010. The van der Waals surface area contributed by atoms with E-state index in [2.05, 4.69) is 6.92 Å². The van der Waals surface area contributed by atoms with Gasteiger partial charge in [-0.1, -0.05) is 86.0 Å². The summed E-state index contributed by atoms with van der Waals surface area (Å²) in [5, 5.41) is 3.64. The summed E-state index contributed by atoms with van der Waals surface area (Å²) < 4.78 is 0. The molecule has 1 heterocycles. The molecule has 4 nitrogen and oxygen atoms in total. The summed E-state index contributed by atoms with van der Waals surface area (Å²) in [5.74, 6) is -0.415. The number of hydrazine groups is 1. The van der Waals surface area contributed by atoms with Gasteiger partial charge in [0.25, 0.3) is 11.8 Å². The van der Waals surface area contributed by atoms with Gasteiger partial charge in [-0.3, -0.25) is 9.59 Å². The van der Waals surface area contributed by atoms with Gasteiger partial charge in [0, 0.05) is 5.02 Å². The summed E-state index contributed by atoms with van der Waals surface area (Å²) in [6, 6.07) is 26.1. The van der Waals surface area contributed by atoms with Crippen LogP contribution in [-0.2, 0) is 16.0 Å². The van der Waals surface area contributed by atoms with Crippen LogP contribution < -0.4 is 10.0 Å². The average Bonchev–Trinajstić information content (AvgIpc) is 3.02. The van der Waals surface area contributed by atoms with Gasteiger partial charge in [0.2, 0.25) is 0 Å². The zero-order chi connectivity index (χ0) is 21.8. The van der Waals surface area contributed by atoms with Crippen LogP contribution in [0.5, 0.6) is 0 Å². The van der Waals surface area contributed by atoms with Crippen molar-refractivity contribution in [1.82, 2.24) is 0 Å². The van der Waals surface area contributed by atoms with E-state index in [1.165, 1.54) is 10.0 Å². The number of carbonyl (C=O) groups is 2. The molecule has 0 atom stereocenters. The van der Waals surface area contributed by atoms with E-state index >= 15 is 0 Å². The lowest BCUT2D eigenvalue weighted by Crippen LogP contribution is -2.41. The largest absolute Gasteiger partial charge is 0.271 e. The molecule has 0 bridgehead atoms. The van der Waals surface area contributed by atoms with Gasteiger partial charge in [0.15, 0.2) is 0 Å². The van der Waals surface area contributed by atoms with Gasteiger partial charge < -0.3 is 0 Å². The smallest absolute Gasteiger partial charge is 0.262 e. The summed E-state index contributed by atoms with van der Waals surface area (Å²) in [6.45, 7) is 2.07. The maximum absolute atomic E-state index is 14.1. The van der Waals surface area contributed by atoms with Crippen LogP contribution in [0, 0.1) is 5.41 Å². The maximum Gasteiger partial charge on any atom is 0.262 e. The van der Waals surface area contributed by atoms with Gasteiger partial charge in [-0.05, 0) is 48.7 Å². The van der Waals surface area contributed by atoms with Crippen LogP contribution in [0.1, 0.15) is 31.7 Å². The quantitative estimate of drug-likeness (QED) is 0.426. The summed E-state index contributed by atoms with van der Waals surface area (Å²) >= 11 is 6.45. The van der Waals surface area contributed by atoms with Crippen molar-refractivity contribution in [3.8, 4) is 0 Å². The van der Waals surface area contributed by atoms with Crippen LogP contribution in [0.4, 0.5) is 11.4 Å². The first-order valence-corrected chi connectivity index (χ1v) is 11.0. The van der Waals surface area contributed by atoms with E-state index in [9.17, 15) is 9.59 Å². The average molecular weight is 433 g/mol. The molecule has 0 aromatic heterocycles. The second kappa shape index (κ2) is 8.94. The molecule has 1 saturated heterocycles. The topological polar surface area (TPSA) is 40.6 Å². The van der Waals surface area contributed by atoms with E-state index in [0.717, 1.165) is 18.4 Å². The number of nitrogens with zero attached hydrogens (tertiary/aromatic N) is 2. The lowest BCUT2D eigenvalue weighted by atomic mass is 9.76. The molecule has 0 saturated carbocycles. The third-order valence-electron chi connectivity index (χ3n) is 5.81. The molecule has 31 heavy (non-hydrogen) atoms. The molecule has 1 fully saturated rings. The van der Waals surface area contributed by atoms with Crippen molar-refractivity contribution in [3.63, 3.8) is 0 Å². The number of rotatable bonds is 7. The Kier molecular flexibility index (Phi) is 6.10. The van der Waals surface area contributed by atoms with Crippen molar-refractivity contribution in [2.24, 2.45) is 5.41 Å². The van der Waals surface area contributed by atoms with Gasteiger partial charge in [-0.2, -0.15) is 0 Å². The van der Waals surface area contributed by atoms with Crippen molar-refractivity contribution in [2.45, 2.75) is 32.6 Å². The normalized spacial score (nSPS) is 15.5. The number of unbranched alkanes of at least 4 members (excludes halogenated alkanes) is 1. The molecule has 5 heteroatoms. The Morgan fingerprint density at radius 3 is 1.71 bits per heavy atom. The molecule has 0 N–H and O–H groups in total. The summed E-state index contributed by atoms with van der Waals surface area (Å²) in [4.78, 5) is 28.1. The maximum atomic E-state index is 14.1. The van der Waals surface area contributed by atoms with Gasteiger partial charge in [-0.15, -0.1) is 0 Å². The lowest BCUT2D eigenvalue weighted by Gasteiger charge is -2.27. The van der Waals surface area contributed by atoms with E-state index in [4.69, 9.17) is 11.6 Å². The minimum Gasteiger partial charge on any atom is -0.271 e. The Hall–Kier alpha value is -3.11. The predicted molar refractivity (Wildman–Crippen MR) is 125 cm³/mol. The standard InChI is InChI=1S/C26H25ClN2O2/c1-2-3-18-26(19-20-12-10-11-17-23(20)27)24(30)28(21-13-6-4-7-14-21)29(25(26)31)22-15-8-5-9-16-22/h4-17H,2-3,18-19H2,1H3. The van der Waals surface area contributed by atoms with E-state index in [1.807, 2.05) is 78.9 Å². The molecule has 3 aromatic rings. The number of hydrogen-bond acceptors (Lipinski definition) is 2. The minimum absolute atomic E-state index is 0.207. The lowest BCUT2D eigenvalue weighted by molar-refractivity contribution is -0.135. The Labute approximate surface area is 188 Å². The molecule has 1 aliphatic heterocycles. The highest BCUT2D eigenvalue weighted by Crippen LogP contribution is 2.44. The zero-order valence-electron chi connectivity index (χ0n) is 17.5. The first-order chi connectivity index (χ1) is 15.1. The van der Waals surface area contributed by atoms with Gasteiger partial charge in [0.05, 0.1) is 11.4 Å². The second-order valence-electron chi connectivity index (χ2n) is 7.86. The molecule has 158 valence electrons. The minimum atomic E-state index is -1.20. The summed E-state index contributed by atoms with van der Waals surface area (Å²) in [6.07, 6.45) is 2.41. The van der Waals surface area contributed by atoms with Crippen LogP contribution in [0.25, 0.3) is 0 Å². The van der Waals surface area contributed by atoms with Crippen LogP contribution in [0.2, 0.25) is 5.02 Å². The van der Waals surface area contributed by atoms with E-state index in [0.29, 0.717) is 22.8 Å². The number of amides is 2. The Balaban J connectivity index is 1.87. The summed E-state index contributed by atoms with van der Waals surface area (Å²) in [5.41, 5.74) is 0.946. The molecule has 0 aliphatic carbocycles. The van der Waals surface area contributed by atoms with E-state index in [1.54, 1.807) is 6.07 Å². The first kappa shape index (κ1) is 21.1. The van der Waals surface area contributed by atoms with Crippen LogP contribution in [-0.4, -0.2) is 11.8 Å². The fourth-order valence-electron chi connectivity index (χ4n) is 4.18. The predicted octanol–water partition coefficient (Wildman–Crippen LogP) is 6.05. The highest BCUT2D eigenvalue weighted by atomic mass is 35.5. The van der Waals surface area contributed by atoms with Crippen LogP contribution in [0.15, 0.2) is 84.9 Å². The number of carbonyl (C=O) groups excluding carboxylic acids is 2. The molecule has 4 rings (SSSR count). The molecular weight excluding hydrogens is 408 g/mol. The van der Waals surface area contributed by atoms with Crippen LogP contribution in [0.3, 0.4) is 0 Å². The second-order valence-corrected chi connectivity index (χ2v) is 8.27. The molecule has 2 amide bonds. The van der Waals surface area contributed by atoms with Crippen LogP contribution >= 0.6 is 11.6 Å². The van der Waals surface area contributed by atoms with Crippen molar-refractivity contribution >= 4 is 34.8 Å². The number of anilines is 2. The van der Waals surface area contributed by atoms with Crippen molar-refractivity contribution in [1.29, 1.82) is 0 Å². The van der Waals surface area contributed by atoms with E-state index < -0.39 is 5.41 Å². The number of halogens is 1. The molecule has 1 aliphatic rings. The fraction of sp³-hybridized carbons (Fsp3) is 0.231. The molecule has 0 radical (unpaired) electrons. The third-order valence-corrected chi connectivity index (χ3v) is 6.18. The van der Waals surface area contributed by atoms with Crippen molar-refractivity contribution < 1.29 is 9.59 Å². The van der Waals surface area contributed by atoms with Gasteiger partial charge in [-0.25, -0.2) is 10.0 Å². The highest BCUT2D eigenvalue weighted by molar-refractivity contribution is 6.31. The fourth-order valence-corrected chi connectivity index (χ4v) is 4.38. The zero-order valence-corrected chi connectivity index (χ0v) is 18.3. The third kappa shape index (κ3) is 3.84. The SMILES string of the molecule is CCCCC1(Cc2ccccc2Cl)C(=O)N(c2ccccc2)N(c2ccccc2)C1=O. The Morgan fingerprint density at radius 1 is 0.742 bits per heavy atom. The van der Waals surface area contributed by atoms with Crippen molar-refractivity contribution in [3.05, 3.63) is 95.5 Å². The van der Waals surface area contributed by atoms with Crippen molar-refractivity contribution in [2.75, 3.05) is 10.0 Å². The van der Waals surface area contributed by atoms with E-state index in [-0.39, 0.29) is 18.2 Å². The highest BCUT2D eigenvalue weighted by Gasteiger charge is 2.58. The summed E-state index contributed by atoms with van der Waals surface area (Å²) in [7, 11) is 0. The van der Waals surface area contributed by atoms with Gasteiger partial charge in [0.1, 0.15) is 5.41 Å². The molecule has 0 unspecified atom stereocenters. The monoisotopic (exact) mass is 432 g/mol. The van der Waals surface area contributed by atoms with Gasteiger partial charge >= 0.3 is 0 Å².